The number of halogens is 1. The molecule has 32 heavy (non-hydrogen) atoms. The number of rotatable bonds is 7. The predicted molar refractivity (Wildman–Crippen MR) is 120 cm³/mol. The van der Waals surface area contributed by atoms with Gasteiger partial charge in [0.15, 0.2) is 0 Å². The molecule has 1 saturated heterocycles. The molecule has 0 bridgehead atoms. The lowest BCUT2D eigenvalue weighted by molar-refractivity contribution is -0.143. The summed E-state index contributed by atoms with van der Waals surface area (Å²) in [5.41, 5.74) is 3.12. The molecule has 2 N–H and O–H groups in total. The van der Waals surface area contributed by atoms with Crippen molar-refractivity contribution in [2.75, 3.05) is 6.54 Å². The fourth-order valence-corrected chi connectivity index (χ4v) is 4.96. The first kappa shape index (κ1) is 22.4. The van der Waals surface area contributed by atoms with E-state index in [1.165, 1.54) is 11.8 Å². The van der Waals surface area contributed by atoms with E-state index >= 15 is 0 Å². The Balaban J connectivity index is 1.38. The molecule has 7 nitrogen and oxygen atoms in total. The summed E-state index contributed by atoms with van der Waals surface area (Å²) in [6.45, 7) is 3.95. The Labute approximate surface area is 190 Å². The zero-order chi connectivity index (χ0) is 22.9. The Morgan fingerprint density at radius 1 is 1.28 bits per heavy atom. The molecule has 1 aliphatic carbocycles. The van der Waals surface area contributed by atoms with Crippen molar-refractivity contribution < 1.29 is 18.8 Å². The van der Waals surface area contributed by atoms with Gasteiger partial charge in [-0.1, -0.05) is 24.3 Å². The molecule has 9 heteroatoms. The van der Waals surface area contributed by atoms with E-state index in [1.807, 2.05) is 36.7 Å². The lowest BCUT2D eigenvalue weighted by Crippen LogP contribution is -2.57. The van der Waals surface area contributed by atoms with Gasteiger partial charge in [0.25, 0.3) is 0 Å². The molecule has 2 aromatic rings. The topological polar surface area (TPSA) is 91.4 Å². The number of amides is 3. The maximum absolute atomic E-state index is 14.7. The second-order valence-corrected chi connectivity index (χ2v) is 9.39. The lowest BCUT2D eigenvalue weighted by Gasteiger charge is -2.30. The van der Waals surface area contributed by atoms with Crippen LogP contribution in [-0.2, 0) is 20.9 Å². The van der Waals surface area contributed by atoms with Gasteiger partial charge in [-0.2, -0.15) is 0 Å². The fraction of sp³-hybridized carbons (Fsp3) is 0.478. The third kappa shape index (κ3) is 4.67. The number of nitrogens with zero attached hydrogens (tertiary/aromatic N) is 2. The van der Waals surface area contributed by atoms with E-state index in [4.69, 9.17) is 0 Å². The van der Waals surface area contributed by atoms with Crippen LogP contribution in [0.2, 0.25) is 0 Å². The van der Waals surface area contributed by atoms with Crippen LogP contribution in [0, 0.1) is 6.92 Å². The highest BCUT2D eigenvalue weighted by molar-refractivity contribution is 7.13. The first-order chi connectivity index (χ1) is 15.3. The van der Waals surface area contributed by atoms with E-state index in [1.54, 1.807) is 11.3 Å². The number of alkyl halides is 1. The normalized spacial score (nSPS) is 20.0. The van der Waals surface area contributed by atoms with Crippen LogP contribution in [0.4, 0.5) is 4.39 Å². The highest BCUT2D eigenvalue weighted by Crippen LogP contribution is 2.44. The Hall–Kier alpha value is -2.81. The average Bonchev–Trinajstić information content (AvgIpc) is 3.16. The van der Waals surface area contributed by atoms with Crippen LogP contribution in [0.1, 0.15) is 43.9 Å². The van der Waals surface area contributed by atoms with Gasteiger partial charge < -0.3 is 15.5 Å². The van der Waals surface area contributed by atoms with Crippen molar-refractivity contribution in [1.82, 2.24) is 20.5 Å². The van der Waals surface area contributed by atoms with Gasteiger partial charge in [0.2, 0.25) is 17.7 Å². The Bertz CT molecular complexity index is 1020. The summed E-state index contributed by atoms with van der Waals surface area (Å²) in [6, 6.07) is 6.04. The third-order valence-electron chi connectivity index (χ3n) is 6.11. The molecule has 1 aromatic heterocycles. The Morgan fingerprint density at radius 3 is 2.59 bits per heavy atom. The largest absolute Gasteiger partial charge is 0.350 e. The summed E-state index contributed by atoms with van der Waals surface area (Å²) < 4.78 is 14.7. The van der Waals surface area contributed by atoms with Gasteiger partial charge in [0.1, 0.15) is 17.8 Å². The number of aromatic nitrogens is 1. The van der Waals surface area contributed by atoms with E-state index in [-0.39, 0.29) is 18.7 Å². The smallest absolute Gasteiger partial charge is 0.249 e. The quantitative estimate of drug-likeness (QED) is 0.668. The molecular weight excluding hydrogens is 431 g/mol. The molecule has 2 fully saturated rings. The zero-order valence-corrected chi connectivity index (χ0v) is 19.0. The highest BCUT2D eigenvalue weighted by atomic mass is 32.1. The zero-order valence-electron chi connectivity index (χ0n) is 18.2. The van der Waals surface area contributed by atoms with Crippen molar-refractivity contribution in [3.8, 4) is 10.4 Å². The van der Waals surface area contributed by atoms with Crippen molar-refractivity contribution in [3.63, 3.8) is 0 Å². The van der Waals surface area contributed by atoms with Gasteiger partial charge in [-0.05, 0) is 43.7 Å². The van der Waals surface area contributed by atoms with Crippen LogP contribution in [-0.4, -0.2) is 51.9 Å². The molecule has 0 radical (unpaired) electrons. The maximum atomic E-state index is 14.7. The monoisotopic (exact) mass is 458 g/mol. The molecular formula is C23H27FN4O3S. The third-order valence-corrected chi connectivity index (χ3v) is 7.08. The average molecular weight is 459 g/mol. The van der Waals surface area contributed by atoms with Gasteiger partial charge in [0.05, 0.1) is 16.1 Å². The molecule has 2 unspecified atom stereocenters. The van der Waals surface area contributed by atoms with Gasteiger partial charge in [0, 0.05) is 20.0 Å². The van der Waals surface area contributed by atoms with Crippen LogP contribution >= 0.6 is 11.3 Å². The molecule has 4 rings (SSSR count). The number of thiazole rings is 1. The number of carbonyl (C=O) groups excluding carboxylic acids is 3. The van der Waals surface area contributed by atoms with Crippen LogP contribution < -0.4 is 10.6 Å². The van der Waals surface area contributed by atoms with Crippen molar-refractivity contribution >= 4 is 29.1 Å². The Kier molecular flexibility index (Phi) is 6.28. The van der Waals surface area contributed by atoms with Gasteiger partial charge in [-0.15, -0.1) is 11.3 Å². The number of carbonyl (C=O) groups is 3. The second kappa shape index (κ2) is 8.97. The van der Waals surface area contributed by atoms with E-state index in [2.05, 4.69) is 15.6 Å². The number of likely N-dealkylation sites (tertiary alicyclic amines) is 1. The van der Waals surface area contributed by atoms with E-state index in [0.29, 0.717) is 25.9 Å². The summed E-state index contributed by atoms with van der Waals surface area (Å²) in [5.74, 6) is -1.23. The van der Waals surface area contributed by atoms with E-state index in [0.717, 1.165) is 21.7 Å². The maximum Gasteiger partial charge on any atom is 0.249 e. The number of aryl methyl sites for hydroxylation is 1. The van der Waals surface area contributed by atoms with Crippen molar-refractivity contribution in [2.45, 2.75) is 63.8 Å². The van der Waals surface area contributed by atoms with E-state index < -0.39 is 29.6 Å². The number of hydrogen-bond acceptors (Lipinski definition) is 5. The van der Waals surface area contributed by atoms with Crippen molar-refractivity contribution in [2.24, 2.45) is 0 Å². The highest BCUT2D eigenvalue weighted by Gasteiger charge is 2.56. The molecule has 0 spiro atoms. The Morgan fingerprint density at radius 2 is 2.00 bits per heavy atom. The van der Waals surface area contributed by atoms with Crippen molar-refractivity contribution in [1.29, 1.82) is 0 Å². The number of benzene rings is 1. The van der Waals surface area contributed by atoms with E-state index in [9.17, 15) is 18.8 Å². The predicted octanol–water partition coefficient (Wildman–Crippen LogP) is 2.73. The van der Waals surface area contributed by atoms with Gasteiger partial charge in [-0.25, -0.2) is 9.37 Å². The molecule has 3 amide bonds. The molecule has 2 aliphatic rings. The molecule has 1 aromatic carbocycles. The fourth-order valence-electron chi connectivity index (χ4n) is 4.15. The summed E-state index contributed by atoms with van der Waals surface area (Å²) >= 11 is 1.59. The van der Waals surface area contributed by atoms with Crippen LogP contribution in [0.15, 0.2) is 29.8 Å². The SMILES string of the molecule is CC(=O)NC(C(=O)N1CCCC1C(=O)NCc1ccc(-c2scnc2C)cc1)C1(F)CC1. The van der Waals surface area contributed by atoms with Crippen LogP contribution in [0.25, 0.3) is 10.4 Å². The van der Waals surface area contributed by atoms with Crippen molar-refractivity contribution in [3.05, 3.63) is 41.0 Å². The second-order valence-electron chi connectivity index (χ2n) is 8.54. The summed E-state index contributed by atoms with van der Waals surface area (Å²) in [5, 5.41) is 5.36. The van der Waals surface area contributed by atoms with Gasteiger partial charge >= 0.3 is 0 Å². The van der Waals surface area contributed by atoms with Crippen LogP contribution in [0.5, 0.6) is 0 Å². The van der Waals surface area contributed by atoms with Crippen LogP contribution in [0.3, 0.4) is 0 Å². The molecule has 2 atom stereocenters. The summed E-state index contributed by atoms with van der Waals surface area (Å²) in [4.78, 5) is 44.2. The molecule has 170 valence electrons. The molecule has 1 aliphatic heterocycles. The lowest BCUT2D eigenvalue weighted by atomic mass is 10.1. The summed E-state index contributed by atoms with van der Waals surface area (Å²) in [7, 11) is 0. The molecule has 2 heterocycles. The number of hydrogen-bond donors (Lipinski definition) is 2. The first-order valence-electron chi connectivity index (χ1n) is 10.8. The standard InChI is InChI=1S/C23H27FN4O3S/c1-14-19(32-13-26-14)17-7-5-16(6-8-17)12-25-21(30)18-4-3-11-28(18)22(31)20(27-15(2)29)23(24)9-10-23/h5-8,13,18,20H,3-4,9-12H2,1-2H3,(H,25,30)(H,27,29). The van der Waals surface area contributed by atoms with Gasteiger partial charge in [-0.3, -0.25) is 14.4 Å². The molecule has 1 saturated carbocycles. The minimum absolute atomic E-state index is 0.242. The number of nitrogens with one attached hydrogen (secondary N) is 2. The minimum atomic E-state index is -1.70. The summed E-state index contributed by atoms with van der Waals surface area (Å²) in [6.07, 6.45) is 1.67. The minimum Gasteiger partial charge on any atom is -0.350 e. The first-order valence-corrected chi connectivity index (χ1v) is 11.7.